The molecule has 3 N–H and O–H groups in total. The largest absolute Gasteiger partial charge is 0.481 e. The molecule has 1 heterocycles. The summed E-state index contributed by atoms with van der Waals surface area (Å²) in [6.45, 7) is 1.50. The topological polar surface area (TPSA) is 86.6 Å². The second-order valence-corrected chi connectivity index (χ2v) is 4.97. The van der Waals surface area contributed by atoms with E-state index in [0.717, 1.165) is 0 Å². The van der Waals surface area contributed by atoms with Crippen LogP contribution in [0.4, 0.5) is 4.39 Å². The molecule has 0 unspecified atom stereocenters. The lowest BCUT2D eigenvalue weighted by molar-refractivity contribution is -0.148. The molecule has 19 heavy (non-hydrogen) atoms. The molecule has 0 saturated carbocycles. The van der Waals surface area contributed by atoms with E-state index in [2.05, 4.69) is 5.32 Å². The summed E-state index contributed by atoms with van der Waals surface area (Å²) in [6, 6.07) is 3.82. The van der Waals surface area contributed by atoms with E-state index in [9.17, 15) is 19.1 Å². The third-order valence-corrected chi connectivity index (χ3v) is 3.62. The van der Waals surface area contributed by atoms with Gasteiger partial charge in [0.05, 0.1) is 5.41 Å². The van der Waals surface area contributed by atoms with E-state index in [0.29, 0.717) is 5.56 Å². The van der Waals surface area contributed by atoms with Crippen LogP contribution in [0.15, 0.2) is 24.3 Å². The zero-order valence-corrected chi connectivity index (χ0v) is 10.3. The van der Waals surface area contributed by atoms with Crippen LogP contribution in [0.1, 0.15) is 24.9 Å². The van der Waals surface area contributed by atoms with Gasteiger partial charge in [0.15, 0.2) is 0 Å². The molecule has 5 nitrogen and oxygen atoms in total. The molecule has 0 radical (unpaired) electrons. The fourth-order valence-corrected chi connectivity index (χ4v) is 2.47. The highest BCUT2D eigenvalue weighted by atomic mass is 19.1. The van der Waals surface area contributed by atoms with Gasteiger partial charge in [-0.25, -0.2) is 4.39 Å². The van der Waals surface area contributed by atoms with Crippen LogP contribution >= 0.6 is 0 Å². The number of halogens is 1. The lowest BCUT2D eigenvalue weighted by Gasteiger charge is -2.26. The quantitative estimate of drug-likeness (QED) is 0.770. The van der Waals surface area contributed by atoms with E-state index in [1.807, 2.05) is 0 Å². The summed E-state index contributed by atoms with van der Waals surface area (Å²) in [4.78, 5) is 22.5. The van der Waals surface area contributed by atoms with Gasteiger partial charge in [0.1, 0.15) is 11.9 Å². The zero-order valence-electron chi connectivity index (χ0n) is 10.3. The molecule has 0 amide bonds. The lowest BCUT2D eigenvalue weighted by atomic mass is 9.78. The number of carbonyl (C=O) groups is 2. The van der Waals surface area contributed by atoms with Gasteiger partial charge in [-0.3, -0.25) is 14.9 Å². The predicted molar refractivity (Wildman–Crippen MR) is 64.1 cm³/mol. The van der Waals surface area contributed by atoms with Crippen LogP contribution in [-0.4, -0.2) is 28.2 Å². The Bertz CT molecular complexity index is 516. The van der Waals surface area contributed by atoms with Gasteiger partial charge in [0.25, 0.3) is 0 Å². The maximum Gasteiger partial charge on any atom is 0.320 e. The van der Waals surface area contributed by atoms with Crippen molar-refractivity contribution < 1.29 is 24.2 Å². The summed E-state index contributed by atoms with van der Waals surface area (Å²) in [5, 5.41) is 21.2. The second-order valence-electron chi connectivity index (χ2n) is 4.97. The van der Waals surface area contributed by atoms with Crippen molar-refractivity contribution in [2.24, 2.45) is 5.41 Å². The number of carboxylic acid groups (broad SMARTS) is 2. The summed E-state index contributed by atoms with van der Waals surface area (Å²) < 4.78 is 12.9. The monoisotopic (exact) mass is 267 g/mol. The summed E-state index contributed by atoms with van der Waals surface area (Å²) in [7, 11) is 0. The molecule has 1 aromatic carbocycles. The van der Waals surface area contributed by atoms with Crippen LogP contribution in [0.25, 0.3) is 0 Å². The van der Waals surface area contributed by atoms with E-state index >= 15 is 0 Å². The highest BCUT2D eigenvalue weighted by molar-refractivity contribution is 5.81. The zero-order chi connectivity index (χ0) is 14.2. The molecular formula is C13H14FNO4. The molecular weight excluding hydrogens is 253 g/mol. The smallest absolute Gasteiger partial charge is 0.320 e. The Morgan fingerprint density at radius 1 is 1.32 bits per heavy atom. The minimum Gasteiger partial charge on any atom is -0.481 e. The van der Waals surface area contributed by atoms with Crippen LogP contribution in [-0.2, 0) is 9.59 Å². The Labute approximate surface area is 109 Å². The number of hydrogen-bond donors (Lipinski definition) is 3. The molecule has 2 rings (SSSR count). The van der Waals surface area contributed by atoms with Crippen molar-refractivity contribution >= 4 is 11.9 Å². The van der Waals surface area contributed by atoms with E-state index in [-0.39, 0.29) is 6.42 Å². The average Bonchev–Trinajstić information content (AvgIpc) is 2.70. The first-order chi connectivity index (χ1) is 8.84. The van der Waals surface area contributed by atoms with Crippen LogP contribution in [0.2, 0.25) is 0 Å². The van der Waals surface area contributed by atoms with Gasteiger partial charge in [-0.05, 0) is 31.0 Å². The molecule has 0 bridgehead atoms. The maximum atomic E-state index is 12.9. The standard InChI is InChI=1S/C13H14FNO4/c1-13(12(18)19)6-9(11(16)17)15-10(13)7-2-4-8(14)5-3-7/h2-5,9-10,15H,6H2,1H3,(H,16,17)(H,18,19)/t9-,10-,13-/m0/s1. The van der Waals surface area contributed by atoms with Gasteiger partial charge in [0, 0.05) is 6.04 Å². The van der Waals surface area contributed by atoms with Crippen LogP contribution in [0.5, 0.6) is 0 Å². The number of aliphatic carboxylic acids is 2. The minimum absolute atomic E-state index is 0.0142. The van der Waals surface area contributed by atoms with Gasteiger partial charge in [-0.1, -0.05) is 12.1 Å². The minimum atomic E-state index is -1.24. The maximum absolute atomic E-state index is 12.9. The number of carboxylic acids is 2. The average molecular weight is 267 g/mol. The molecule has 1 aliphatic heterocycles. The van der Waals surface area contributed by atoms with E-state index < -0.39 is 35.3 Å². The Kier molecular flexibility index (Phi) is 3.28. The van der Waals surface area contributed by atoms with Crippen molar-refractivity contribution in [1.82, 2.24) is 5.32 Å². The molecule has 0 aliphatic carbocycles. The first kappa shape index (κ1) is 13.5. The van der Waals surface area contributed by atoms with Crippen molar-refractivity contribution in [3.8, 4) is 0 Å². The first-order valence-corrected chi connectivity index (χ1v) is 5.82. The molecule has 0 aromatic heterocycles. The van der Waals surface area contributed by atoms with Gasteiger partial charge >= 0.3 is 11.9 Å². The fraction of sp³-hybridized carbons (Fsp3) is 0.385. The van der Waals surface area contributed by atoms with Crippen LogP contribution < -0.4 is 5.32 Å². The second kappa shape index (κ2) is 4.62. The van der Waals surface area contributed by atoms with Gasteiger partial charge in [-0.15, -0.1) is 0 Å². The van der Waals surface area contributed by atoms with Gasteiger partial charge in [0.2, 0.25) is 0 Å². The molecule has 3 atom stereocenters. The van der Waals surface area contributed by atoms with E-state index in [1.165, 1.54) is 31.2 Å². The van der Waals surface area contributed by atoms with Gasteiger partial charge in [-0.2, -0.15) is 0 Å². The molecule has 1 saturated heterocycles. The fourth-order valence-electron chi connectivity index (χ4n) is 2.47. The number of benzene rings is 1. The molecule has 102 valence electrons. The summed E-state index contributed by atoms with van der Waals surface area (Å²) >= 11 is 0. The molecule has 1 aliphatic rings. The number of hydrogen-bond acceptors (Lipinski definition) is 3. The SMILES string of the molecule is C[C@]1(C(=O)O)C[C@@H](C(=O)O)N[C@H]1c1ccc(F)cc1. The van der Waals surface area contributed by atoms with Crippen LogP contribution in [0, 0.1) is 11.2 Å². The van der Waals surface area contributed by atoms with Crippen molar-refractivity contribution in [2.75, 3.05) is 0 Å². The Morgan fingerprint density at radius 3 is 2.37 bits per heavy atom. The van der Waals surface area contributed by atoms with Crippen LogP contribution in [0.3, 0.4) is 0 Å². The Morgan fingerprint density at radius 2 is 1.89 bits per heavy atom. The number of nitrogens with one attached hydrogen (secondary N) is 1. The molecule has 1 fully saturated rings. The Balaban J connectivity index is 2.38. The highest BCUT2D eigenvalue weighted by Gasteiger charge is 2.51. The normalized spacial score (nSPS) is 30.2. The van der Waals surface area contributed by atoms with Crippen molar-refractivity contribution in [2.45, 2.75) is 25.4 Å². The van der Waals surface area contributed by atoms with E-state index in [4.69, 9.17) is 5.11 Å². The highest BCUT2D eigenvalue weighted by Crippen LogP contribution is 2.43. The molecule has 6 heteroatoms. The first-order valence-electron chi connectivity index (χ1n) is 5.82. The number of rotatable bonds is 3. The van der Waals surface area contributed by atoms with Crippen molar-refractivity contribution in [3.05, 3.63) is 35.6 Å². The summed E-state index contributed by atoms with van der Waals surface area (Å²) in [5.74, 6) is -2.58. The van der Waals surface area contributed by atoms with Gasteiger partial charge < -0.3 is 10.2 Å². The predicted octanol–water partition coefficient (Wildman–Crippen LogP) is 1.40. The summed E-state index contributed by atoms with van der Waals surface area (Å²) in [6.07, 6.45) is -0.0142. The third kappa shape index (κ3) is 2.31. The molecule has 1 aromatic rings. The Hall–Kier alpha value is -1.95. The third-order valence-electron chi connectivity index (χ3n) is 3.62. The van der Waals surface area contributed by atoms with Crippen molar-refractivity contribution in [1.29, 1.82) is 0 Å². The molecule has 0 spiro atoms. The van der Waals surface area contributed by atoms with E-state index in [1.54, 1.807) is 0 Å². The van der Waals surface area contributed by atoms with Crippen molar-refractivity contribution in [3.63, 3.8) is 0 Å². The summed E-state index contributed by atoms with van der Waals surface area (Å²) in [5.41, 5.74) is -0.670. The lowest BCUT2D eigenvalue weighted by Crippen LogP contribution is -2.34.